The monoisotopic (exact) mass is 417 g/mol. The lowest BCUT2D eigenvalue weighted by Crippen LogP contribution is -2.49. The number of nitrogens with zero attached hydrogens (tertiary/aromatic N) is 7. The molecule has 0 N–H and O–H groups in total. The maximum absolute atomic E-state index is 13.0. The molecule has 2 aromatic carbocycles. The highest BCUT2D eigenvalue weighted by Gasteiger charge is 2.34. The van der Waals surface area contributed by atoms with E-state index < -0.39 is 0 Å². The summed E-state index contributed by atoms with van der Waals surface area (Å²) >= 11 is 0. The molecule has 2 aliphatic heterocycles. The van der Waals surface area contributed by atoms with Crippen LogP contribution in [0.1, 0.15) is 31.1 Å². The minimum absolute atomic E-state index is 0.167. The molecule has 0 aliphatic carbocycles. The molecule has 0 bridgehead atoms. The van der Waals surface area contributed by atoms with Crippen molar-refractivity contribution < 1.29 is 14.4 Å². The van der Waals surface area contributed by atoms with Crippen LogP contribution in [-0.2, 0) is 0 Å². The number of benzene rings is 2. The first-order valence-electron chi connectivity index (χ1n) is 9.89. The average molecular weight is 417 g/mol. The van der Waals surface area contributed by atoms with E-state index in [-0.39, 0.29) is 23.3 Å². The number of fused-ring (bicyclic) bond motifs is 1. The molecule has 0 atom stereocenters. The second-order valence-electron chi connectivity index (χ2n) is 7.44. The van der Waals surface area contributed by atoms with Gasteiger partial charge in [0.15, 0.2) is 0 Å². The van der Waals surface area contributed by atoms with E-state index in [0.717, 1.165) is 10.6 Å². The van der Waals surface area contributed by atoms with Crippen LogP contribution in [0.3, 0.4) is 0 Å². The highest BCUT2D eigenvalue weighted by atomic mass is 16.2. The molecule has 10 nitrogen and oxygen atoms in total. The maximum Gasteiger partial charge on any atom is 0.261 e. The Morgan fingerprint density at radius 3 is 2.35 bits per heavy atom. The predicted molar refractivity (Wildman–Crippen MR) is 110 cm³/mol. The second-order valence-corrected chi connectivity index (χ2v) is 7.44. The summed E-state index contributed by atoms with van der Waals surface area (Å²) in [6, 6.07) is 14.3. The van der Waals surface area contributed by atoms with Gasteiger partial charge in [-0.3, -0.25) is 19.3 Å². The number of aromatic nitrogens is 4. The van der Waals surface area contributed by atoms with Crippen LogP contribution >= 0.6 is 0 Å². The molecule has 5 rings (SSSR count). The van der Waals surface area contributed by atoms with E-state index in [1.807, 2.05) is 35.2 Å². The summed E-state index contributed by atoms with van der Waals surface area (Å²) in [5, 5.41) is 12.0. The number of carbonyl (C=O) groups excluding carboxylic acids is 3. The lowest BCUT2D eigenvalue weighted by molar-refractivity contribution is 0.0692. The van der Waals surface area contributed by atoms with E-state index in [0.29, 0.717) is 43.3 Å². The summed E-state index contributed by atoms with van der Waals surface area (Å²) in [5.74, 6) is -0.265. The smallest absolute Gasteiger partial charge is 0.261 e. The topological polar surface area (TPSA) is 105 Å². The van der Waals surface area contributed by atoms with Crippen molar-refractivity contribution in [2.24, 2.45) is 0 Å². The van der Waals surface area contributed by atoms with Gasteiger partial charge >= 0.3 is 0 Å². The minimum atomic E-state index is -0.382. The van der Waals surface area contributed by atoms with Crippen molar-refractivity contribution in [2.45, 2.75) is 0 Å². The van der Waals surface area contributed by atoms with Gasteiger partial charge in [0.2, 0.25) is 5.95 Å². The Bertz CT molecular complexity index is 1180. The van der Waals surface area contributed by atoms with Crippen LogP contribution in [0.25, 0.3) is 5.69 Å². The number of amides is 3. The fourth-order valence-corrected chi connectivity index (χ4v) is 3.90. The normalized spacial score (nSPS) is 16.1. The Morgan fingerprint density at radius 2 is 1.61 bits per heavy atom. The van der Waals surface area contributed by atoms with Gasteiger partial charge in [0.25, 0.3) is 17.7 Å². The Hall–Kier alpha value is -4.08. The van der Waals surface area contributed by atoms with Gasteiger partial charge in [-0.05, 0) is 40.8 Å². The third kappa shape index (κ3) is 3.12. The molecule has 10 heteroatoms. The van der Waals surface area contributed by atoms with Crippen molar-refractivity contribution in [3.63, 3.8) is 0 Å². The fourth-order valence-electron chi connectivity index (χ4n) is 3.90. The highest BCUT2D eigenvalue weighted by molar-refractivity contribution is 6.21. The van der Waals surface area contributed by atoms with Crippen molar-refractivity contribution in [1.82, 2.24) is 30.0 Å². The molecule has 3 amide bonds. The summed E-state index contributed by atoms with van der Waals surface area (Å²) < 4.78 is 1.68. The van der Waals surface area contributed by atoms with Gasteiger partial charge < -0.3 is 9.80 Å². The first-order valence-corrected chi connectivity index (χ1v) is 9.89. The highest BCUT2D eigenvalue weighted by Crippen LogP contribution is 2.24. The fraction of sp³-hybridized carbons (Fsp3) is 0.238. The Balaban J connectivity index is 1.30. The van der Waals surface area contributed by atoms with Crippen LogP contribution in [0.15, 0.2) is 48.5 Å². The molecule has 0 saturated carbocycles. The quantitative estimate of drug-likeness (QED) is 0.582. The molecule has 0 unspecified atom stereocenters. The number of hydrogen-bond donors (Lipinski definition) is 0. The van der Waals surface area contributed by atoms with Gasteiger partial charge in [0, 0.05) is 38.8 Å². The number of hydrogen-bond acceptors (Lipinski definition) is 7. The van der Waals surface area contributed by atoms with Crippen LogP contribution in [-0.4, -0.2) is 81.0 Å². The molecule has 3 heterocycles. The Labute approximate surface area is 177 Å². The van der Waals surface area contributed by atoms with Gasteiger partial charge in [-0.15, -0.1) is 0 Å². The Kier molecular flexibility index (Phi) is 4.46. The zero-order valence-corrected chi connectivity index (χ0v) is 16.8. The van der Waals surface area contributed by atoms with Crippen molar-refractivity contribution in [3.05, 3.63) is 65.2 Å². The van der Waals surface area contributed by atoms with Crippen molar-refractivity contribution in [2.75, 3.05) is 38.1 Å². The van der Waals surface area contributed by atoms with E-state index in [1.54, 1.807) is 21.7 Å². The number of carbonyl (C=O) groups is 3. The van der Waals surface area contributed by atoms with E-state index in [4.69, 9.17) is 0 Å². The number of rotatable bonds is 3. The van der Waals surface area contributed by atoms with Gasteiger partial charge in [-0.25, -0.2) is 0 Å². The molecule has 2 aliphatic rings. The second kappa shape index (κ2) is 7.31. The van der Waals surface area contributed by atoms with Crippen LogP contribution in [0.5, 0.6) is 0 Å². The van der Waals surface area contributed by atoms with Crippen LogP contribution in [0.4, 0.5) is 5.95 Å². The molecule has 1 saturated heterocycles. The molecule has 3 aromatic rings. The van der Waals surface area contributed by atoms with Gasteiger partial charge in [-0.2, -0.15) is 4.68 Å². The van der Waals surface area contributed by atoms with Crippen LogP contribution in [0, 0.1) is 0 Å². The summed E-state index contributed by atoms with van der Waals surface area (Å²) in [6.07, 6.45) is 0. The molecule has 0 spiro atoms. The zero-order valence-electron chi connectivity index (χ0n) is 16.8. The largest absolute Gasteiger partial charge is 0.336 e. The van der Waals surface area contributed by atoms with E-state index in [2.05, 4.69) is 15.5 Å². The van der Waals surface area contributed by atoms with E-state index in [1.165, 1.54) is 13.1 Å². The zero-order chi connectivity index (χ0) is 21.5. The molecular weight excluding hydrogens is 398 g/mol. The van der Waals surface area contributed by atoms with E-state index in [9.17, 15) is 14.4 Å². The van der Waals surface area contributed by atoms with Crippen molar-refractivity contribution in [1.29, 1.82) is 0 Å². The number of tetrazole rings is 1. The molecule has 1 fully saturated rings. The van der Waals surface area contributed by atoms with Crippen molar-refractivity contribution >= 4 is 23.7 Å². The third-order valence-corrected chi connectivity index (χ3v) is 5.64. The molecule has 31 heavy (non-hydrogen) atoms. The van der Waals surface area contributed by atoms with Crippen molar-refractivity contribution in [3.8, 4) is 5.69 Å². The summed E-state index contributed by atoms with van der Waals surface area (Å²) in [7, 11) is 1.44. The molecule has 0 radical (unpaired) electrons. The SMILES string of the molecule is CN1C(=O)c2ccc(C(=O)N3CCN(c4nnnn4-c4ccccc4)CC3)cc2C1=O. The summed E-state index contributed by atoms with van der Waals surface area (Å²) in [4.78, 5) is 42.1. The van der Waals surface area contributed by atoms with Gasteiger partial charge in [-0.1, -0.05) is 23.3 Å². The average Bonchev–Trinajstić information content (AvgIpc) is 3.39. The van der Waals surface area contributed by atoms with Gasteiger partial charge in [0.1, 0.15) is 0 Å². The summed E-state index contributed by atoms with van der Waals surface area (Å²) in [5.41, 5.74) is 1.88. The minimum Gasteiger partial charge on any atom is -0.336 e. The lowest BCUT2D eigenvalue weighted by atomic mass is 10.0. The van der Waals surface area contributed by atoms with Crippen LogP contribution in [0.2, 0.25) is 0 Å². The van der Waals surface area contributed by atoms with Crippen LogP contribution < -0.4 is 4.90 Å². The first kappa shape index (κ1) is 18.9. The number of anilines is 1. The number of piperazine rings is 1. The maximum atomic E-state index is 13.0. The summed E-state index contributed by atoms with van der Waals surface area (Å²) in [6.45, 7) is 2.13. The first-order chi connectivity index (χ1) is 15.0. The molecular formula is C21H19N7O3. The van der Waals surface area contributed by atoms with Gasteiger partial charge in [0.05, 0.1) is 16.8 Å². The predicted octanol–water partition coefficient (Wildman–Crippen LogP) is 0.850. The number of para-hydroxylation sites is 1. The lowest BCUT2D eigenvalue weighted by Gasteiger charge is -2.34. The molecule has 1 aromatic heterocycles. The Morgan fingerprint density at radius 1 is 0.903 bits per heavy atom. The third-order valence-electron chi connectivity index (χ3n) is 5.64. The van der Waals surface area contributed by atoms with E-state index >= 15 is 0 Å². The number of imide groups is 1. The standard InChI is InChI=1S/C21H19N7O3/c1-25-19(30)16-8-7-14(13-17(16)20(25)31)18(29)26-9-11-27(12-10-26)21-22-23-24-28(21)15-5-3-2-4-6-15/h2-8,13H,9-12H2,1H3. The molecule has 156 valence electrons.